The summed E-state index contributed by atoms with van der Waals surface area (Å²) in [6, 6.07) is 11.9. The molecular weight excluding hydrogens is 446 g/mol. The Labute approximate surface area is 193 Å². The lowest BCUT2D eigenvalue weighted by molar-refractivity contribution is 0.00706. The SMILES string of the molecule is Nc1cncc(-c2ccc(-c3cc4nc(O[C@@H]5CO[C@H]6[C@@H]5OC[C@H]6O)[nH]c4cc3Cl)cc2)n1. The molecule has 2 aromatic heterocycles. The number of nitrogen functional groups attached to an aromatic ring is 1. The fraction of sp³-hybridized carbons (Fsp3) is 0.261. The van der Waals surface area contributed by atoms with Gasteiger partial charge in [0.05, 0.1) is 47.4 Å². The number of aromatic nitrogens is 4. The summed E-state index contributed by atoms with van der Waals surface area (Å²) < 4.78 is 17.2. The highest BCUT2D eigenvalue weighted by Gasteiger charge is 2.48. The van der Waals surface area contributed by atoms with E-state index in [0.717, 1.165) is 27.7 Å². The lowest BCUT2D eigenvalue weighted by atomic mass is 10.0. The maximum absolute atomic E-state index is 9.91. The molecule has 4 atom stereocenters. The number of halogens is 1. The first-order chi connectivity index (χ1) is 16.0. The number of anilines is 1. The third-order valence-electron chi connectivity index (χ3n) is 5.94. The van der Waals surface area contributed by atoms with Crippen LogP contribution in [-0.2, 0) is 9.47 Å². The van der Waals surface area contributed by atoms with Crippen molar-refractivity contribution >= 4 is 28.5 Å². The largest absolute Gasteiger partial charge is 0.456 e. The van der Waals surface area contributed by atoms with Gasteiger partial charge in [-0.1, -0.05) is 35.9 Å². The minimum atomic E-state index is -0.627. The van der Waals surface area contributed by atoms with Crippen molar-refractivity contribution in [1.82, 2.24) is 19.9 Å². The second kappa shape index (κ2) is 7.96. The summed E-state index contributed by atoms with van der Waals surface area (Å²) in [5, 5.41) is 10.5. The number of nitrogens with two attached hydrogens (primary N) is 1. The van der Waals surface area contributed by atoms with Gasteiger partial charge in [-0.2, -0.15) is 4.98 Å². The topological polar surface area (TPSA) is 128 Å². The molecule has 168 valence electrons. The minimum Gasteiger partial charge on any atom is -0.456 e. The van der Waals surface area contributed by atoms with E-state index in [2.05, 4.69) is 19.9 Å². The number of imidazole rings is 1. The predicted molar refractivity (Wildman–Crippen MR) is 122 cm³/mol. The molecule has 0 radical (unpaired) electrons. The van der Waals surface area contributed by atoms with E-state index < -0.39 is 6.10 Å². The highest BCUT2D eigenvalue weighted by atomic mass is 35.5. The molecular formula is C23H20ClN5O4. The Kier molecular flexibility index (Phi) is 4.92. The van der Waals surface area contributed by atoms with Gasteiger partial charge in [0.25, 0.3) is 6.01 Å². The quantitative estimate of drug-likeness (QED) is 0.419. The Morgan fingerprint density at radius 3 is 2.64 bits per heavy atom. The molecule has 6 rings (SSSR count). The molecule has 2 saturated heterocycles. The van der Waals surface area contributed by atoms with E-state index >= 15 is 0 Å². The van der Waals surface area contributed by atoms with E-state index in [1.165, 1.54) is 6.20 Å². The molecule has 4 aromatic rings. The van der Waals surface area contributed by atoms with E-state index in [1.807, 2.05) is 36.4 Å². The molecule has 0 spiro atoms. The lowest BCUT2D eigenvalue weighted by Crippen LogP contribution is -2.34. The molecule has 0 amide bonds. The average molecular weight is 466 g/mol. The summed E-state index contributed by atoms with van der Waals surface area (Å²) in [6.07, 6.45) is 1.54. The summed E-state index contributed by atoms with van der Waals surface area (Å²) >= 11 is 6.59. The molecule has 2 fully saturated rings. The normalized spacial score (nSPS) is 24.3. The summed E-state index contributed by atoms with van der Waals surface area (Å²) in [7, 11) is 0. The zero-order chi connectivity index (χ0) is 22.5. The van der Waals surface area contributed by atoms with Crippen LogP contribution in [0.2, 0.25) is 5.02 Å². The first-order valence-corrected chi connectivity index (χ1v) is 10.9. The standard InChI is InChI=1S/C23H20ClN5O4/c24-14-6-16-15(28-23(29-16)33-19-10-32-21-18(30)9-31-22(19)21)5-13(14)11-1-3-12(4-2-11)17-7-26-8-20(25)27-17/h1-8,18-19,21-22,30H,9-10H2,(H2,25,27)(H,28,29)/t18-,19-,21-,22-/m1/s1. The molecule has 4 N–H and O–H groups in total. The fourth-order valence-corrected chi connectivity index (χ4v) is 4.59. The molecule has 10 heteroatoms. The Bertz CT molecular complexity index is 1330. The second-order valence-corrected chi connectivity index (χ2v) is 8.52. The van der Waals surface area contributed by atoms with E-state index in [4.69, 9.17) is 31.5 Å². The Morgan fingerprint density at radius 1 is 1.03 bits per heavy atom. The Hall–Kier alpha value is -3.24. The number of rotatable bonds is 4. The van der Waals surface area contributed by atoms with Gasteiger partial charge < -0.3 is 30.0 Å². The van der Waals surface area contributed by atoms with Gasteiger partial charge in [0.15, 0.2) is 6.10 Å². The maximum atomic E-state index is 9.91. The van der Waals surface area contributed by atoms with Crippen molar-refractivity contribution in [2.75, 3.05) is 18.9 Å². The average Bonchev–Trinajstić information content (AvgIpc) is 3.50. The van der Waals surface area contributed by atoms with Crippen LogP contribution in [0.4, 0.5) is 5.82 Å². The first-order valence-electron chi connectivity index (χ1n) is 10.5. The number of aliphatic hydroxyl groups is 1. The molecule has 0 unspecified atom stereocenters. The molecule has 4 heterocycles. The van der Waals surface area contributed by atoms with E-state index in [-0.39, 0.29) is 24.9 Å². The van der Waals surface area contributed by atoms with Gasteiger partial charge in [-0.15, -0.1) is 0 Å². The number of benzene rings is 2. The smallest absolute Gasteiger partial charge is 0.295 e. The van der Waals surface area contributed by atoms with Crippen LogP contribution in [0.1, 0.15) is 0 Å². The van der Waals surface area contributed by atoms with Crippen molar-refractivity contribution < 1.29 is 19.3 Å². The van der Waals surface area contributed by atoms with Gasteiger partial charge in [-0.25, -0.2) is 4.98 Å². The van der Waals surface area contributed by atoms with Gasteiger partial charge in [-0.05, 0) is 17.7 Å². The molecule has 0 saturated carbocycles. The van der Waals surface area contributed by atoms with Crippen LogP contribution in [0.5, 0.6) is 6.01 Å². The van der Waals surface area contributed by atoms with Crippen LogP contribution < -0.4 is 10.5 Å². The van der Waals surface area contributed by atoms with Crippen LogP contribution >= 0.6 is 11.6 Å². The van der Waals surface area contributed by atoms with Crippen molar-refractivity contribution in [3.05, 3.63) is 53.8 Å². The van der Waals surface area contributed by atoms with Gasteiger partial charge in [0.1, 0.15) is 24.1 Å². The zero-order valence-corrected chi connectivity index (χ0v) is 18.1. The third-order valence-corrected chi connectivity index (χ3v) is 6.25. The van der Waals surface area contributed by atoms with Gasteiger partial charge in [0, 0.05) is 11.1 Å². The van der Waals surface area contributed by atoms with Gasteiger partial charge >= 0.3 is 0 Å². The van der Waals surface area contributed by atoms with Crippen molar-refractivity contribution in [3.63, 3.8) is 0 Å². The predicted octanol–water partition coefficient (Wildman–Crippen LogP) is 2.83. The molecule has 0 aliphatic carbocycles. The van der Waals surface area contributed by atoms with Crippen molar-refractivity contribution in [2.45, 2.75) is 24.4 Å². The van der Waals surface area contributed by atoms with Gasteiger partial charge in [-0.3, -0.25) is 4.98 Å². The van der Waals surface area contributed by atoms with Gasteiger partial charge in [0.2, 0.25) is 0 Å². The van der Waals surface area contributed by atoms with Crippen LogP contribution in [-0.4, -0.2) is 62.7 Å². The molecule has 0 bridgehead atoms. The lowest BCUT2D eigenvalue weighted by Gasteiger charge is -2.15. The van der Waals surface area contributed by atoms with Crippen molar-refractivity contribution in [1.29, 1.82) is 0 Å². The maximum Gasteiger partial charge on any atom is 0.295 e. The van der Waals surface area contributed by atoms with Crippen molar-refractivity contribution in [3.8, 4) is 28.4 Å². The fourth-order valence-electron chi connectivity index (χ4n) is 4.31. The van der Waals surface area contributed by atoms with Crippen molar-refractivity contribution in [2.24, 2.45) is 0 Å². The summed E-state index contributed by atoms with van der Waals surface area (Å²) in [6.45, 7) is 0.580. The minimum absolute atomic E-state index is 0.247. The number of hydrogen-bond donors (Lipinski definition) is 3. The Morgan fingerprint density at radius 2 is 1.82 bits per heavy atom. The molecule has 2 aliphatic rings. The number of ether oxygens (including phenoxy) is 3. The summed E-state index contributed by atoms with van der Waals surface area (Å²) in [4.78, 5) is 16.1. The molecule has 33 heavy (non-hydrogen) atoms. The summed E-state index contributed by atoms with van der Waals surface area (Å²) in [5.74, 6) is 0.372. The monoisotopic (exact) mass is 465 g/mol. The third kappa shape index (κ3) is 3.68. The van der Waals surface area contributed by atoms with E-state index in [0.29, 0.717) is 29.2 Å². The number of aliphatic hydroxyl groups excluding tert-OH is 1. The zero-order valence-electron chi connectivity index (χ0n) is 17.3. The molecule has 2 aliphatic heterocycles. The van der Waals surface area contributed by atoms with E-state index in [9.17, 15) is 5.11 Å². The number of fused-ring (bicyclic) bond motifs is 2. The van der Waals surface area contributed by atoms with Crippen LogP contribution in [0.15, 0.2) is 48.8 Å². The second-order valence-electron chi connectivity index (χ2n) is 8.12. The summed E-state index contributed by atoms with van der Waals surface area (Å²) in [5.41, 5.74) is 10.6. The molecule has 9 nitrogen and oxygen atoms in total. The number of hydrogen-bond acceptors (Lipinski definition) is 8. The highest BCUT2D eigenvalue weighted by molar-refractivity contribution is 6.34. The number of aromatic amines is 1. The molecule has 2 aromatic carbocycles. The number of nitrogens with one attached hydrogen (secondary N) is 1. The Balaban J connectivity index is 1.26. The van der Waals surface area contributed by atoms with Crippen LogP contribution in [0.3, 0.4) is 0 Å². The van der Waals surface area contributed by atoms with Crippen LogP contribution in [0.25, 0.3) is 33.4 Å². The van der Waals surface area contributed by atoms with E-state index in [1.54, 1.807) is 6.20 Å². The number of H-pyrrole nitrogens is 1. The first kappa shape index (κ1) is 20.4. The number of nitrogens with zero attached hydrogens (tertiary/aromatic N) is 3. The van der Waals surface area contributed by atoms with Crippen LogP contribution in [0, 0.1) is 0 Å². The highest BCUT2D eigenvalue weighted by Crippen LogP contribution is 2.34.